The maximum absolute atomic E-state index is 12.5. The molecule has 146 valence electrons. The molecule has 2 saturated heterocycles. The summed E-state index contributed by atoms with van der Waals surface area (Å²) in [7, 11) is 0. The van der Waals surface area contributed by atoms with E-state index in [9.17, 15) is 4.79 Å². The van der Waals surface area contributed by atoms with E-state index in [1.807, 2.05) is 0 Å². The third-order valence-corrected chi connectivity index (χ3v) is 6.31. The first-order chi connectivity index (χ1) is 12.2. The molecule has 0 aromatic heterocycles. The van der Waals surface area contributed by atoms with E-state index in [1.165, 1.54) is 25.7 Å². The second kappa shape index (κ2) is 11.1. The lowest BCUT2D eigenvalue weighted by Crippen LogP contribution is -2.52. The molecule has 1 amide bonds. The van der Waals surface area contributed by atoms with Crippen molar-refractivity contribution in [3.63, 3.8) is 0 Å². The number of carbonyl (C=O) groups excluding carboxylic acids is 1. The van der Waals surface area contributed by atoms with Gasteiger partial charge in [-0.15, -0.1) is 0 Å². The van der Waals surface area contributed by atoms with Crippen LogP contribution in [0.5, 0.6) is 0 Å². The molecule has 0 spiro atoms. The third kappa shape index (κ3) is 6.54. The van der Waals surface area contributed by atoms with Gasteiger partial charge in [-0.3, -0.25) is 9.69 Å². The van der Waals surface area contributed by atoms with Crippen LogP contribution in [0.25, 0.3) is 0 Å². The highest BCUT2D eigenvalue weighted by Crippen LogP contribution is 2.24. The van der Waals surface area contributed by atoms with Crippen LogP contribution in [-0.2, 0) is 9.53 Å². The van der Waals surface area contributed by atoms with Gasteiger partial charge in [-0.25, -0.2) is 0 Å². The van der Waals surface area contributed by atoms with E-state index in [2.05, 4.69) is 36.3 Å². The Morgan fingerprint density at radius 3 is 2.44 bits per heavy atom. The second-order valence-electron chi connectivity index (χ2n) is 7.87. The van der Waals surface area contributed by atoms with Gasteiger partial charge in [-0.2, -0.15) is 0 Å². The molecule has 2 fully saturated rings. The highest BCUT2D eigenvalue weighted by Gasteiger charge is 2.28. The van der Waals surface area contributed by atoms with E-state index in [0.29, 0.717) is 30.2 Å². The molecule has 5 nitrogen and oxygen atoms in total. The lowest BCUT2D eigenvalue weighted by Gasteiger charge is -2.39. The van der Waals surface area contributed by atoms with Crippen LogP contribution in [-0.4, -0.2) is 62.8 Å². The molecule has 2 aliphatic heterocycles. The maximum Gasteiger partial charge on any atom is 0.220 e. The van der Waals surface area contributed by atoms with Crippen molar-refractivity contribution in [2.24, 2.45) is 17.8 Å². The number of piperidine rings is 1. The number of nitrogens with one attached hydrogen (secondary N) is 2. The molecule has 0 aromatic rings. The Labute approximate surface area is 154 Å². The van der Waals surface area contributed by atoms with Crippen LogP contribution >= 0.6 is 0 Å². The zero-order valence-corrected chi connectivity index (χ0v) is 16.6. The molecule has 2 rings (SSSR count). The van der Waals surface area contributed by atoms with Crippen molar-refractivity contribution < 1.29 is 9.53 Å². The summed E-state index contributed by atoms with van der Waals surface area (Å²) in [6.07, 6.45) is 5.42. The molecule has 5 heteroatoms. The molecular formula is C20H39N3O2. The molecule has 2 aliphatic rings. The fraction of sp³-hybridized carbons (Fsp3) is 0.950. The van der Waals surface area contributed by atoms with Crippen molar-refractivity contribution in [1.29, 1.82) is 0 Å². The van der Waals surface area contributed by atoms with Crippen molar-refractivity contribution in [3.05, 3.63) is 0 Å². The average Bonchev–Trinajstić information content (AvgIpc) is 2.66. The van der Waals surface area contributed by atoms with Crippen LogP contribution in [0.2, 0.25) is 0 Å². The molecule has 0 aromatic carbocycles. The summed E-state index contributed by atoms with van der Waals surface area (Å²) in [5, 5.41) is 6.67. The quantitative estimate of drug-likeness (QED) is 0.668. The van der Waals surface area contributed by atoms with Crippen LogP contribution in [0, 0.1) is 17.8 Å². The van der Waals surface area contributed by atoms with Crippen molar-refractivity contribution in [2.75, 3.05) is 45.9 Å². The SMILES string of the molecule is CCC(CC)C(CNC(=O)CC(C)C1CCNCC1)N1CCOCC1. The third-order valence-electron chi connectivity index (χ3n) is 6.31. The largest absolute Gasteiger partial charge is 0.379 e. The zero-order valence-electron chi connectivity index (χ0n) is 16.6. The minimum atomic E-state index is 0.232. The summed E-state index contributed by atoms with van der Waals surface area (Å²) in [5.74, 6) is 2.05. The van der Waals surface area contributed by atoms with Crippen molar-refractivity contribution >= 4 is 5.91 Å². The van der Waals surface area contributed by atoms with Crippen molar-refractivity contribution in [2.45, 2.75) is 58.9 Å². The van der Waals surface area contributed by atoms with Crippen LogP contribution in [0.3, 0.4) is 0 Å². The minimum absolute atomic E-state index is 0.232. The van der Waals surface area contributed by atoms with Crippen LogP contribution < -0.4 is 10.6 Å². The molecule has 0 radical (unpaired) electrons. The van der Waals surface area contributed by atoms with E-state index >= 15 is 0 Å². The number of carbonyl (C=O) groups is 1. The van der Waals surface area contributed by atoms with Gasteiger partial charge in [0.1, 0.15) is 0 Å². The highest BCUT2D eigenvalue weighted by molar-refractivity contribution is 5.76. The zero-order chi connectivity index (χ0) is 18.1. The lowest BCUT2D eigenvalue weighted by atomic mass is 9.84. The summed E-state index contributed by atoms with van der Waals surface area (Å²) in [6.45, 7) is 13.4. The topological polar surface area (TPSA) is 53.6 Å². The van der Waals surface area contributed by atoms with Gasteiger partial charge in [0.25, 0.3) is 0 Å². The van der Waals surface area contributed by atoms with Crippen molar-refractivity contribution in [3.8, 4) is 0 Å². The maximum atomic E-state index is 12.5. The smallest absolute Gasteiger partial charge is 0.220 e. The Balaban J connectivity index is 1.82. The molecular weight excluding hydrogens is 314 g/mol. The summed E-state index contributed by atoms with van der Waals surface area (Å²) < 4.78 is 5.51. The average molecular weight is 354 g/mol. The number of rotatable bonds is 9. The normalized spacial score (nSPS) is 22.7. The van der Waals surface area contributed by atoms with Gasteiger partial charge in [0.2, 0.25) is 5.91 Å². The Kier molecular flexibility index (Phi) is 9.21. The van der Waals surface area contributed by atoms with E-state index in [0.717, 1.165) is 45.9 Å². The number of ether oxygens (including phenoxy) is 1. The van der Waals surface area contributed by atoms with Crippen LogP contribution in [0.15, 0.2) is 0 Å². The fourth-order valence-electron chi connectivity index (χ4n) is 4.50. The van der Waals surface area contributed by atoms with Gasteiger partial charge >= 0.3 is 0 Å². The summed E-state index contributed by atoms with van der Waals surface area (Å²) in [5.41, 5.74) is 0. The number of hydrogen-bond acceptors (Lipinski definition) is 4. The summed E-state index contributed by atoms with van der Waals surface area (Å²) in [4.78, 5) is 15.0. The van der Waals surface area contributed by atoms with Gasteiger partial charge in [-0.1, -0.05) is 33.6 Å². The van der Waals surface area contributed by atoms with Crippen molar-refractivity contribution in [1.82, 2.24) is 15.5 Å². The molecule has 2 unspecified atom stereocenters. The first-order valence-corrected chi connectivity index (χ1v) is 10.4. The number of nitrogens with zero attached hydrogens (tertiary/aromatic N) is 1. The van der Waals surface area contributed by atoms with E-state index in [1.54, 1.807) is 0 Å². The van der Waals surface area contributed by atoms with Gasteiger partial charge in [-0.05, 0) is 43.7 Å². The monoisotopic (exact) mass is 353 g/mol. The number of morpholine rings is 1. The molecule has 0 bridgehead atoms. The Hall–Kier alpha value is -0.650. The number of amides is 1. The predicted molar refractivity (Wildman–Crippen MR) is 103 cm³/mol. The van der Waals surface area contributed by atoms with Gasteiger partial charge in [0, 0.05) is 32.1 Å². The van der Waals surface area contributed by atoms with Gasteiger partial charge < -0.3 is 15.4 Å². The van der Waals surface area contributed by atoms with Gasteiger partial charge in [0.05, 0.1) is 13.2 Å². The van der Waals surface area contributed by atoms with E-state index < -0.39 is 0 Å². The summed E-state index contributed by atoms with van der Waals surface area (Å²) in [6, 6.07) is 0.442. The van der Waals surface area contributed by atoms with Crippen LogP contribution in [0.1, 0.15) is 52.9 Å². The summed E-state index contributed by atoms with van der Waals surface area (Å²) >= 11 is 0. The molecule has 0 saturated carbocycles. The van der Waals surface area contributed by atoms with E-state index in [4.69, 9.17) is 4.74 Å². The Bertz CT molecular complexity index is 375. The molecule has 0 aliphatic carbocycles. The molecule has 2 N–H and O–H groups in total. The first-order valence-electron chi connectivity index (χ1n) is 10.4. The lowest BCUT2D eigenvalue weighted by molar-refractivity contribution is -0.122. The Morgan fingerprint density at radius 2 is 1.84 bits per heavy atom. The van der Waals surface area contributed by atoms with E-state index in [-0.39, 0.29) is 5.91 Å². The van der Waals surface area contributed by atoms with Gasteiger partial charge in [0.15, 0.2) is 0 Å². The Morgan fingerprint density at radius 1 is 1.20 bits per heavy atom. The standard InChI is InChI=1S/C20H39N3O2/c1-4-17(5-2)19(23-10-12-25-13-11-23)15-22-20(24)14-16(3)18-6-8-21-9-7-18/h16-19,21H,4-15H2,1-3H3,(H,22,24). The second-order valence-corrected chi connectivity index (χ2v) is 7.87. The fourth-order valence-corrected chi connectivity index (χ4v) is 4.50. The van der Waals surface area contributed by atoms with Crippen LogP contribution in [0.4, 0.5) is 0 Å². The molecule has 2 atom stereocenters. The minimum Gasteiger partial charge on any atom is -0.379 e. The highest BCUT2D eigenvalue weighted by atomic mass is 16.5. The molecule has 25 heavy (non-hydrogen) atoms. The molecule has 2 heterocycles. The number of hydrogen-bond donors (Lipinski definition) is 2. The predicted octanol–water partition coefficient (Wildman–Crippen LogP) is 2.27. The first kappa shape index (κ1) is 20.7.